The Morgan fingerprint density at radius 3 is 3.15 bits per heavy atom. The summed E-state index contributed by atoms with van der Waals surface area (Å²) in [6.45, 7) is 2.88. The van der Waals surface area contributed by atoms with Gasteiger partial charge in [-0.1, -0.05) is 12.1 Å². The molecule has 1 fully saturated rings. The molecule has 0 spiro atoms. The Kier molecular flexibility index (Phi) is 4.19. The molecule has 0 aliphatic carbocycles. The highest BCUT2D eigenvalue weighted by Gasteiger charge is 2.23. The van der Waals surface area contributed by atoms with Crippen LogP contribution in [-0.2, 0) is 0 Å². The molecular formula is C15H18BrN3O. The second kappa shape index (κ2) is 6.08. The Hall–Kier alpha value is -1.17. The molecule has 1 unspecified atom stereocenters. The number of aromatic nitrogens is 1. The fraction of sp³-hybridized carbons (Fsp3) is 0.400. The van der Waals surface area contributed by atoms with Crippen LogP contribution in [0.2, 0.25) is 0 Å². The lowest BCUT2D eigenvalue weighted by molar-refractivity contribution is 0.286. The minimum Gasteiger partial charge on any atom is -0.395 e. The SMILES string of the molecule is OCCNC1CCN(c2ccnc3c(Br)cccc23)C1. The van der Waals surface area contributed by atoms with E-state index in [1.54, 1.807) is 0 Å². The zero-order chi connectivity index (χ0) is 13.9. The van der Waals surface area contributed by atoms with Crippen LogP contribution in [0.25, 0.3) is 10.9 Å². The summed E-state index contributed by atoms with van der Waals surface area (Å²) in [6.07, 6.45) is 2.98. The smallest absolute Gasteiger partial charge is 0.0864 e. The second-order valence-corrected chi connectivity index (χ2v) is 5.93. The highest BCUT2D eigenvalue weighted by atomic mass is 79.9. The van der Waals surface area contributed by atoms with Crippen LogP contribution in [0.15, 0.2) is 34.9 Å². The van der Waals surface area contributed by atoms with Crippen molar-refractivity contribution < 1.29 is 5.11 Å². The number of fused-ring (bicyclic) bond motifs is 1. The number of benzene rings is 1. The molecule has 2 heterocycles. The molecule has 0 bridgehead atoms. The molecule has 5 heteroatoms. The number of aliphatic hydroxyl groups excluding tert-OH is 1. The number of halogens is 1. The van der Waals surface area contributed by atoms with E-state index in [-0.39, 0.29) is 6.61 Å². The topological polar surface area (TPSA) is 48.4 Å². The third-order valence-corrected chi connectivity index (χ3v) is 4.41. The van der Waals surface area contributed by atoms with E-state index in [0.717, 1.165) is 29.5 Å². The largest absolute Gasteiger partial charge is 0.395 e. The van der Waals surface area contributed by atoms with Crippen LogP contribution < -0.4 is 10.2 Å². The summed E-state index contributed by atoms with van der Waals surface area (Å²) in [5.74, 6) is 0. The van der Waals surface area contributed by atoms with Gasteiger partial charge in [-0.25, -0.2) is 0 Å². The lowest BCUT2D eigenvalue weighted by Crippen LogP contribution is -2.34. The van der Waals surface area contributed by atoms with Crippen LogP contribution in [0.1, 0.15) is 6.42 Å². The summed E-state index contributed by atoms with van der Waals surface area (Å²) < 4.78 is 1.03. The first-order valence-corrected chi connectivity index (χ1v) is 7.71. The Labute approximate surface area is 126 Å². The number of hydrogen-bond acceptors (Lipinski definition) is 4. The molecule has 1 saturated heterocycles. The summed E-state index contributed by atoms with van der Waals surface area (Å²) in [6, 6.07) is 8.74. The molecule has 0 amide bonds. The summed E-state index contributed by atoms with van der Waals surface area (Å²) >= 11 is 3.56. The average molecular weight is 336 g/mol. The van der Waals surface area contributed by atoms with Gasteiger partial charge in [-0.15, -0.1) is 0 Å². The standard InChI is InChI=1S/C15H18BrN3O/c16-13-3-1-2-12-14(4-6-18-15(12)13)19-8-5-11(10-19)17-7-9-20/h1-4,6,11,17,20H,5,7-10H2. The van der Waals surface area contributed by atoms with Crippen LogP contribution in [0.4, 0.5) is 5.69 Å². The number of pyridine rings is 1. The first-order valence-electron chi connectivity index (χ1n) is 6.92. The first kappa shape index (κ1) is 13.8. The van der Waals surface area contributed by atoms with E-state index in [4.69, 9.17) is 5.11 Å². The lowest BCUT2D eigenvalue weighted by Gasteiger charge is -2.21. The van der Waals surface area contributed by atoms with Gasteiger partial charge >= 0.3 is 0 Å². The number of para-hydroxylation sites is 1. The molecule has 106 valence electrons. The maximum Gasteiger partial charge on any atom is 0.0864 e. The van der Waals surface area contributed by atoms with Gasteiger partial charge in [0.25, 0.3) is 0 Å². The number of rotatable bonds is 4. The van der Waals surface area contributed by atoms with Crippen molar-refractivity contribution in [2.24, 2.45) is 0 Å². The Bertz CT molecular complexity index is 605. The van der Waals surface area contributed by atoms with Crippen molar-refractivity contribution in [2.75, 3.05) is 31.1 Å². The van der Waals surface area contributed by atoms with Crippen LogP contribution in [0, 0.1) is 0 Å². The van der Waals surface area contributed by atoms with Crippen LogP contribution in [0.5, 0.6) is 0 Å². The fourth-order valence-electron chi connectivity index (χ4n) is 2.82. The van der Waals surface area contributed by atoms with Gasteiger partial charge < -0.3 is 15.3 Å². The molecule has 0 radical (unpaired) electrons. The Morgan fingerprint density at radius 2 is 2.30 bits per heavy atom. The van der Waals surface area contributed by atoms with Gasteiger partial charge in [-0.3, -0.25) is 4.98 Å². The van der Waals surface area contributed by atoms with E-state index < -0.39 is 0 Å². The van der Waals surface area contributed by atoms with E-state index in [9.17, 15) is 0 Å². The molecule has 2 N–H and O–H groups in total. The number of nitrogens with zero attached hydrogens (tertiary/aromatic N) is 2. The van der Waals surface area contributed by atoms with Crippen LogP contribution in [-0.4, -0.2) is 42.4 Å². The molecule has 0 saturated carbocycles. The van der Waals surface area contributed by atoms with Crippen molar-refractivity contribution in [3.05, 3.63) is 34.9 Å². The maximum absolute atomic E-state index is 8.89. The summed E-state index contributed by atoms with van der Waals surface area (Å²) in [5, 5.41) is 13.5. The number of aliphatic hydroxyl groups is 1. The molecule has 1 aliphatic rings. The van der Waals surface area contributed by atoms with Gasteiger partial charge in [-0.05, 0) is 34.5 Å². The van der Waals surface area contributed by atoms with Crippen molar-refractivity contribution in [1.82, 2.24) is 10.3 Å². The van der Waals surface area contributed by atoms with Crippen molar-refractivity contribution in [3.63, 3.8) is 0 Å². The third-order valence-electron chi connectivity index (χ3n) is 3.77. The van der Waals surface area contributed by atoms with Gasteiger partial charge in [-0.2, -0.15) is 0 Å². The lowest BCUT2D eigenvalue weighted by atomic mass is 10.2. The predicted octanol–water partition coefficient (Wildman–Crippen LogP) is 2.16. The normalized spacial score (nSPS) is 18.9. The minimum atomic E-state index is 0.196. The quantitative estimate of drug-likeness (QED) is 0.898. The molecule has 20 heavy (non-hydrogen) atoms. The van der Waals surface area contributed by atoms with Crippen LogP contribution >= 0.6 is 15.9 Å². The van der Waals surface area contributed by atoms with Gasteiger partial charge in [0, 0.05) is 47.4 Å². The summed E-state index contributed by atoms with van der Waals surface area (Å²) in [4.78, 5) is 6.85. The van der Waals surface area contributed by atoms with Crippen molar-refractivity contribution in [1.29, 1.82) is 0 Å². The van der Waals surface area contributed by atoms with E-state index in [0.29, 0.717) is 12.6 Å². The van der Waals surface area contributed by atoms with Gasteiger partial charge in [0.05, 0.1) is 12.1 Å². The van der Waals surface area contributed by atoms with Crippen LogP contribution in [0.3, 0.4) is 0 Å². The van der Waals surface area contributed by atoms with Gasteiger partial charge in [0.2, 0.25) is 0 Å². The second-order valence-electron chi connectivity index (χ2n) is 5.08. The highest BCUT2D eigenvalue weighted by molar-refractivity contribution is 9.10. The zero-order valence-electron chi connectivity index (χ0n) is 11.2. The van der Waals surface area contributed by atoms with Crippen molar-refractivity contribution in [2.45, 2.75) is 12.5 Å². The zero-order valence-corrected chi connectivity index (χ0v) is 12.8. The van der Waals surface area contributed by atoms with E-state index >= 15 is 0 Å². The monoisotopic (exact) mass is 335 g/mol. The van der Waals surface area contributed by atoms with E-state index in [1.165, 1.54) is 11.1 Å². The summed E-state index contributed by atoms with van der Waals surface area (Å²) in [7, 11) is 0. The maximum atomic E-state index is 8.89. The molecule has 4 nitrogen and oxygen atoms in total. The molecule has 3 rings (SSSR count). The first-order chi connectivity index (χ1) is 9.79. The molecule has 1 atom stereocenters. The molecule has 1 aromatic carbocycles. The number of nitrogens with one attached hydrogen (secondary N) is 1. The van der Waals surface area contributed by atoms with Gasteiger partial charge in [0.15, 0.2) is 0 Å². The number of hydrogen-bond donors (Lipinski definition) is 2. The fourth-order valence-corrected chi connectivity index (χ4v) is 3.28. The Balaban J connectivity index is 1.86. The molecular weight excluding hydrogens is 318 g/mol. The van der Waals surface area contributed by atoms with E-state index in [2.05, 4.69) is 49.3 Å². The Morgan fingerprint density at radius 1 is 1.40 bits per heavy atom. The summed E-state index contributed by atoms with van der Waals surface area (Å²) in [5.41, 5.74) is 2.25. The van der Waals surface area contributed by atoms with Crippen molar-refractivity contribution in [3.8, 4) is 0 Å². The molecule has 1 aromatic heterocycles. The number of anilines is 1. The highest BCUT2D eigenvalue weighted by Crippen LogP contribution is 2.31. The van der Waals surface area contributed by atoms with Crippen molar-refractivity contribution >= 4 is 32.5 Å². The molecule has 1 aliphatic heterocycles. The van der Waals surface area contributed by atoms with E-state index in [1.807, 2.05) is 12.3 Å². The third kappa shape index (κ3) is 2.66. The minimum absolute atomic E-state index is 0.196. The average Bonchev–Trinajstić information content (AvgIpc) is 2.94. The van der Waals surface area contributed by atoms with Gasteiger partial charge in [0.1, 0.15) is 0 Å². The molecule has 2 aromatic rings. The predicted molar refractivity (Wildman–Crippen MR) is 85.1 cm³/mol.